The van der Waals surface area contributed by atoms with Crippen molar-refractivity contribution < 1.29 is 22.7 Å². The number of carbonyl (C=O) groups excluding carboxylic acids is 1. The average molecular weight is 449 g/mol. The number of hydrogen-bond acceptors (Lipinski definition) is 5. The van der Waals surface area contributed by atoms with Crippen LogP contribution in [-0.4, -0.2) is 46.4 Å². The Morgan fingerprint density at radius 3 is 2.10 bits per heavy atom. The van der Waals surface area contributed by atoms with E-state index in [1.54, 1.807) is 31.2 Å². The third kappa shape index (κ3) is 7.47. The SMILES string of the molecule is COc1ccc(N([C@H](C)C(=O)NCCCc2ccc(OC(C)C)cc2)S(C)(=O)=O)cc1. The summed E-state index contributed by atoms with van der Waals surface area (Å²) in [5, 5.41) is 2.84. The van der Waals surface area contributed by atoms with Crippen molar-refractivity contribution in [2.45, 2.75) is 45.8 Å². The summed E-state index contributed by atoms with van der Waals surface area (Å²) in [6.45, 7) is 6.00. The second kappa shape index (κ2) is 11.0. The van der Waals surface area contributed by atoms with Crippen LogP contribution >= 0.6 is 0 Å². The molecule has 0 saturated heterocycles. The lowest BCUT2D eigenvalue weighted by Crippen LogP contribution is -2.48. The van der Waals surface area contributed by atoms with Crippen molar-refractivity contribution in [2.75, 3.05) is 24.2 Å². The van der Waals surface area contributed by atoms with Gasteiger partial charge in [-0.2, -0.15) is 0 Å². The molecule has 8 heteroatoms. The Morgan fingerprint density at radius 1 is 1.00 bits per heavy atom. The highest BCUT2D eigenvalue weighted by atomic mass is 32.2. The molecule has 2 aromatic rings. The number of anilines is 1. The zero-order valence-corrected chi connectivity index (χ0v) is 19.6. The Labute approximate surface area is 185 Å². The molecule has 1 N–H and O–H groups in total. The molecule has 0 unspecified atom stereocenters. The van der Waals surface area contributed by atoms with Crippen molar-refractivity contribution in [2.24, 2.45) is 0 Å². The lowest BCUT2D eigenvalue weighted by molar-refractivity contribution is -0.121. The first-order valence-electron chi connectivity index (χ1n) is 10.3. The van der Waals surface area contributed by atoms with Gasteiger partial charge in [0, 0.05) is 6.54 Å². The summed E-state index contributed by atoms with van der Waals surface area (Å²) in [5.74, 6) is 1.10. The number of amides is 1. The van der Waals surface area contributed by atoms with Crippen LogP contribution in [0.1, 0.15) is 32.8 Å². The number of nitrogens with zero attached hydrogens (tertiary/aromatic N) is 1. The van der Waals surface area contributed by atoms with Gasteiger partial charge in [0.05, 0.1) is 25.2 Å². The number of methoxy groups -OCH3 is 1. The topological polar surface area (TPSA) is 84.9 Å². The minimum Gasteiger partial charge on any atom is -0.497 e. The van der Waals surface area contributed by atoms with Gasteiger partial charge in [0.15, 0.2) is 0 Å². The van der Waals surface area contributed by atoms with Gasteiger partial charge in [-0.25, -0.2) is 8.42 Å². The Kier molecular flexibility index (Phi) is 8.74. The molecular weight excluding hydrogens is 416 g/mol. The fourth-order valence-electron chi connectivity index (χ4n) is 3.20. The smallest absolute Gasteiger partial charge is 0.243 e. The number of rotatable bonds is 11. The Hall–Kier alpha value is -2.74. The van der Waals surface area contributed by atoms with Gasteiger partial charge in [-0.1, -0.05) is 12.1 Å². The molecule has 170 valence electrons. The predicted octanol–water partition coefficient (Wildman–Crippen LogP) is 3.39. The van der Waals surface area contributed by atoms with Gasteiger partial charge >= 0.3 is 0 Å². The molecule has 0 radical (unpaired) electrons. The van der Waals surface area contributed by atoms with Crippen LogP contribution in [0.15, 0.2) is 48.5 Å². The molecule has 0 spiro atoms. The normalized spacial score (nSPS) is 12.3. The molecule has 0 aliphatic rings. The van der Waals surface area contributed by atoms with Crippen LogP contribution in [-0.2, 0) is 21.2 Å². The molecule has 1 atom stereocenters. The number of sulfonamides is 1. The maximum Gasteiger partial charge on any atom is 0.243 e. The Bertz CT molecular complexity index is 941. The van der Waals surface area contributed by atoms with Crippen molar-refractivity contribution in [3.63, 3.8) is 0 Å². The van der Waals surface area contributed by atoms with Gasteiger partial charge in [0.2, 0.25) is 15.9 Å². The quantitative estimate of drug-likeness (QED) is 0.533. The summed E-state index contributed by atoms with van der Waals surface area (Å²) in [6, 6.07) is 13.6. The monoisotopic (exact) mass is 448 g/mol. The number of nitrogens with one attached hydrogen (secondary N) is 1. The van der Waals surface area contributed by atoms with E-state index < -0.39 is 16.1 Å². The van der Waals surface area contributed by atoms with Crippen LogP contribution in [0.5, 0.6) is 11.5 Å². The number of ether oxygens (including phenoxy) is 2. The maximum atomic E-state index is 12.6. The summed E-state index contributed by atoms with van der Waals surface area (Å²) in [5.41, 5.74) is 1.56. The van der Waals surface area contributed by atoms with Gasteiger partial charge in [0.25, 0.3) is 0 Å². The molecule has 1 amide bonds. The molecule has 0 heterocycles. The first kappa shape index (κ1) is 24.5. The van der Waals surface area contributed by atoms with E-state index >= 15 is 0 Å². The molecule has 2 aromatic carbocycles. The lowest BCUT2D eigenvalue weighted by atomic mass is 10.1. The molecule has 2 rings (SSSR count). The molecule has 7 nitrogen and oxygen atoms in total. The minimum atomic E-state index is -3.65. The summed E-state index contributed by atoms with van der Waals surface area (Å²) in [6.07, 6.45) is 2.76. The van der Waals surface area contributed by atoms with E-state index in [0.717, 1.165) is 34.7 Å². The van der Waals surface area contributed by atoms with Crippen molar-refractivity contribution in [3.05, 3.63) is 54.1 Å². The second-order valence-corrected chi connectivity index (χ2v) is 9.50. The zero-order valence-electron chi connectivity index (χ0n) is 18.8. The summed E-state index contributed by atoms with van der Waals surface area (Å²) in [4.78, 5) is 12.6. The number of aryl methyl sites for hydroxylation is 1. The summed E-state index contributed by atoms with van der Waals surface area (Å²) < 4.78 is 36.6. The van der Waals surface area contributed by atoms with Crippen molar-refractivity contribution in [1.82, 2.24) is 5.32 Å². The Balaban J connectivity index is 1.91. The highest BCUT2D eigenvalue weighted by Crippen LogP contribution is 2.23. The number of hydrogen-bond donors (Lipinski definition) is 1. The van der Waals surface area contributed by atoms with Crippen molar-refractivity contribution >= 4 is 21.6 Å². The summed E-state index contributed by atoms with van der Waals surface area (Å²) >= 11 is 0. The molecule has 0 fully saturated rings. The Morgan fingerprint density at radius 2 is 1.58 bits per heavy atom. The highest BCUT2D eigenvalue weighted by Gasteiger charge is 2.28. The predicted molar refractivity (Wildman–Crippen MR) is 123 cm³/mol. The van der Waals surface area contributed by atoms with Crippen LogP contribution in [0.3, 0.4) is 0 Å². The van der Waals surface area contributed by atoms with Crippen LogP contribution in [0.4, 0.5) is 5.69 Å². The largest absolute Gasteiger partial charge is 0.497 e. The van der Waals surface area contributed by atoms with Crippen LogP contribution in [0.2, 0.25) is 0 Å². The van der Waals surface area contributed by atoms with Crippen molar-refractivity contribution in [3.8, 4) is 11.5 Å². The van der Waals surface area contributed by atoms with Gasteiger partial charge in [-0.15, -0.1) is 0 Å². The fourth-order valence-corrected chi connectivity index (χ4v) is 4.37. The van der Waals surface area contributed by atoms with Gasteiger partial charge in [0.1, 0.15) is 17.5 Å². The van der Waals surface area contributed by atoms with Gasteiger partial charge in [-0.3, -0.25) is 9.10 Å². The van der Waals surface area contributed by atoms with E-state index in [1.165, 1.54) is 7.11 Å². The van der Waals surface area contributed by atoms with Crippen molar-refractivity contribution in [1.29, 1.82) is 0 Å². The van der Waals surface area contributed by atoms with E-state index in [1.807, 2.05) is 38.1 Å². The van der Waals surface area contributed by atoms with Gasteiger partial charge in [-0.05, 0) is 75.6 Å². The number of carbonyl (C=O) groups is 1. The third-order valence-corrected chi connectivity index (χ3v) is 5.89. The molecule has 0 bridgehead atoms. The average Bonchev–Trinajstić information content (AvgIpc) is 2.71. The number of benzene rings is 2. The molecule has 0 aliphatic heterocycles. The molecule has 0 saturated carbocycles. The molecule has 0 aliphatic carbocycles. The van der Waals surface area contributed by atoms with Crippen LogP contribution < -0.4 is 19.1 Å². The van der Waals surface area contributed by atoms with E-state index in [2.05, 4.69) is 5.32 Å². The minimum absolute atomic E-state index is 0.132. The van der Waals surface area contributed by atoms with E-state index in [9.17, 15) is 13.2 Å². The molecule has 0 aromatic heterocycles. The second-order valence-electron chi connectivity index (χ2n) is 7.64. The first-order chi connectivity index (χ1) is 14.6. The summed E-state index contributed by atoms with van der Waals surface area (Å²) in [7, 11) is -2.11. The highest BCUT2D eigenvalue weighted by molar-refractivity contribution is 7.92. The first-order valence-corrected chi connectivity index (χ1v) is 12.1. The molecule has 31 heavy (non-hydrogen) atoms. The van der Waals surface area contributed by atoms with E-state index in [-0.39, 0.29) is 12.0 Å². The van der Waals surface area contributed by atoms with Crippen LogP contribution in [0, 0.1) is 0 Å². The van der Waals surface area contributed by atoms with Gasteiger partial charge < -0.3 is 14.8 Å². The standard InChI is InChI=1S/C23H32N2O5S/c1-17(2)30-22-12-8-19(9-13-22)7-6-16-24-23(26)18(3)25(31(5,27)28)20-10-14-21(29-4)15-11-20/h8-15,17-18H,6-7,16H2,1-5H3,(H,24,26)/t18-/m1/s1. The van der Waals surface area contributed by atoms with E-state index in [4.69, 9.17) is 9.47 Å². The third-order valence-electron chi connectivity index (χ3n) is 4.65. The lowest BCUT2D eigenvalue weighted by Gasteiger charge is -2.28. The maximum absolute atomic E-state index is 12.6. The van der Waals surface area contributed by atoms with Crippen LogP contribution in [0.25, 0.3) is 0 Å². The zero-order chi connectivity index (χ0) is 23.0. The van der Waals surface area contributed by atoms with E-state index in [0.29, 0.717) is 18.0 Å². The molecular formula is C23H32N2O5S. The fraction of sp³-hybridized carbons (Fsp3) is 0.435.